The first-order valence-corrected chi connectivity index (χ1v) is 5.03. The molecule has 1 saturated heterocycles. The first kappa shape index (κ1) is 18.2. The summed E-state index contributed by atoms with van der Waals surface area (Å²) in [6.45, 7) is 2.28. The van der Waals surface area contributed by atoms with Gasteiger partial charge in [0.15, 0.2) is 0 Å². The van der Waals surface area contributed by atoms with Crippen LogP contribution in [0.3, 0.4) is 0 Å². The molecule has 1 rings (SSSR count). The van der Waals surface area contributed by atoms with E-state index in [0.29, 0.717) is 0 Å². The Bertz CT molecular complexity index is 220. The number of rotatable bonds is 2. The highest BCUT2D eigenvalue weighted by Gasteiger charge is 2.20. The molecular weight excluding hydrogens is 231 g/mol. The summed E-state index contributed by atoms with van der Waals surface area (Å²) in [5.41, 5.74) is 4.84. The van der Waals surface area contributed by atoms with Gasteiger partial charge in [-0.15, -0.1) is 0 Å². The van der Waals surface area contributed by atoms with Crippen LogP contribution in [0.4, 0.5) is 0 Å². The van der Waals surface area contributed by atoms with Gasteiger partial charge in [0.2, 0.25) is 0 Å². The van der Waals surface area contributed by atoms with Crippen LogP contribution in [-0.2, 0) is 9.59 Å². The van der Waals surface area contributed by atoms with E-state index in [1.807, 2.05) is 0 Å². The first-order chi connectivity index (χ1) is 7.86. The summed E-state index contributed by atoms with van der Waals surface area (Å²) in [5.74, 6) is -1.68. The lowest BCUT2D eigenvalue weighted by molar-refractivity contribution is -0.139. The van der Waals surface area contributed by atoms with Crippen LogP contribution in [-0.4, -0.2) is 58.5 Å². The second kappa shape index (κ2) is 11.3. The summed E-state index contributed by atoms with van der Waals surface area (Å²) < 4.78 is 0. The third-order valence-electron chi connectivity index (χ3n) is 1.75. The molecule has 8 nitrogen and oxygen atoms in total. The van der Waals surface area contributed by atoms with Crippen molar-refractivity contribution in [3.05, 3.63) is 0 Å². The minimum atomic E-state index is -0.963. The van der Waals surface area contributed by atoms with Crippen molar-refractivity contribution < 1.29 is 29.9 Å². The average Bonchev–Trinajstić information content (AvgIpc) is 2.72. The van der Waals surface area contributed by atoms with E-state index in [2.05, 4.69) is 5.32 Å². The zero-order valence-corrected chi connectivity index (χ0v) is 9.67. The van der Waals surface area contributed by atoms with Crippen LogP contribution in [0.5, 0.6) is 0 Å². The van der Waals surface area contributed by atoms with Gasteiger partial charge in [0, 0.05) is 0 Å². The molecule has 0 aliphatic carbocycles. The number of carboxylic acids is 2. The molecule has 9 heteroatoms. The van der Waals surface area contributed by atoms with Crippen molar-refractivity contribution in [1.29, 1.82) is 0 Å². The fourth-order valence-corrected chi connectivity index (χ4v) is 0.895. The van der Waals surface area contributed by atoms with Crippen molar-refractivity contribution >= 4 is 19.6 Å². The Morgan fingerprint density at radius 2 is 1.82 bits per heavy atom. The van der Waals surface area contributed by atoms with Crippen LogP contribution < -0.4 is 11.1 Å². The highest BCUT2D eigenvalue weighted by Crippen LogP contribution is 2.03. The molecular formula is C8H19BN2O6. The van der Waals surface area contributed by atoms with Crippen molar-refractivity contribution in [2.45, 2.75) is 31.8 Å². The lowest BCUT2D eigenvalue weighted by Gasteiger charge is -1.99. The van der Waals surface area contributed by atoms with Gasteiger partial charge in [-0.1, -0.05) is 0 Å². The molecule has 1 aliphatic rings. The summed E-state index contributed by atoms with van der Waals surface area (Å²) in [6.07, 6.45) is 1.78. The van der Waals surface area contributed by atoms with Gasteiger partial charge in [-0.3, -0.25) is 9.59 Å². The predicted molar refractivity (Wildman–Crippen MR) is 61.5 cm³/mol. The quantitative estimate of drug-likeness (QED) is 0.293. The molecule has 0 aromatic rings. The van der Waals surface area contributed by atoms with Crippen molar-refractivity contribution in [3.63, 3.8) is 0 Å². The number of carbonyl (C=O) groups is 2. The lowest BCUT2D eigenvalue weighted by Crippen LogP contribution is -2.29. The molecule has 100 valence electrons. The fourth-order valence-electron chi connectivity index (χ4n) is 0.895. The van der Waals surface area contributed by atoms with Crippen LogP contribution in [0.25, 0.3) is 0 Å². The molecule has 0 spiro atoms. The van der Waals surface area contributed by atoms with Gasteiger partial charge in [0.25, 0.3) is 0 Å². The van der Waals surface area contributed by atoms with E-state index < -0.39 is 25.7 Å². The summed E-state index contributed by atoms with van der Waals surface area (Å²) in [7, 11) is -0.750. The summed E-state index contributed by atoms with van der Waals surface area (Å²) in [6, 6.07) is -1.00. The Morgan fingerprint density at radius 3 is 1.94 bits per heavy atom. The topological polar surface area (TPSA) is 153 Å². The maximum absolute atomic E-state index is 10.1. The highest BCUT2D eigenvalue weighted by atomic mass is 16.4. The highest BCUT2D eigenvalue weighted by molar-refractivity contribution is 6.13. The Kier molecular flexibility index (Phi) is 12.1. The van der Waals surface area contributed by atoms with Gasteiger partial charge in [0.05, 0.1) is 0 Å². The maximum Gasteiger partial charge on any atom is 0.432 e. The molecule has 0 aromatic carbocycles. The van der Waals surface area contributed by atoms with Gasteiger partial charge in [0.1, 0.15) is 12.1 Å². The van der Waals surface area contributed by atoms with Crippen molar-refractivity contribution in [1.82, 2.24) is 5.32 Å². The van der Waals surface area contributed by atoms with E-state index in [1.165, 1.54) is 6.92 Å². The summed E-state index contributed by atoms with van der Waals surface area (Å²) in [5, 5.41) is 33.3. The second-order valence-electron chi connectivity index (χ2n) is 3.26. The predicted octanol–water partition coefficient (Wildman–Crippen LogP) is -2.52. The molecule has 0 radical (unpaired) electrons. The van der Waals surface area contributed by atoms with E-state index in [-0.39, 0.29) is 6.04 Å². The average molecular weight is 250 g/mol. The molecule has 0 bridgehead atoms. The van der Waals surface area contributed by atoms with Crippen LogP contribution in [0.2, 0.25) is 0 Å². The summed E-state index contributed by atoms with van der Waals surface area (Å²) in [4.78, 5) is 19.7. The Labute approximate surface area is 99.7 Å². The van der Waals surface area contributed by atoms with E-state index in [9.17, 15) is 9.59 Å². The van der Waals surface area contributed by atoms with Crippen LogP contribution >= 0.6 is 0 Å². The lowest BCUT2D eigenvalue weighted by atomic mass is 10.2. The minimum Gasteiger partial charge on any atom is -0.480 e. The third kappa shape index (κ3) is 12.8. The molecule has 0 aromatic heterocycles. The van der Waals surface area contributed by atoms with Crippen molar-refractivity contribution in [3.8, 4) is 0 Å². The standard InChI is InChI=1S/C5H9NO2.C3H7NO2.BH3O2/c7-5(8)4-2-1-3-6-4;1-2(4)3(5)6;2-1-3/h4,6H,1-3H2,(H,7,8);2H,4H2,1H3,(H,5,6);1-3H/t4-;2-;/m00./s1. The van der Waals surface area contributed by atoms with Crippen LogP contribution in [0, 0.1) is 0 Å². The SMILES string of the molecule is C[C@H](N)C(=O)O.O=C(O)[C@@H]1CCCN1.OBO. The largest absolute Gasteiger partial charge is 0.480 e. The molecule has 1 aliphatic heterocycles. The van der Waals surface area contributed by atoms with Gasteiger partial charge in [-0.05, 0) is 26.3 Å². The van der Waals surface area contributed by atoms with Crippen LogP contribution in [0.1, 0.15) is 19.8 Å². The number of nitrogens with two attached hydrogens (primary N) is 1. The smallest absolute Gasteiger partial charge is 0.432 e. The number of nitrogens with one attached hydrogen (secondary N) is 1. The maximum atomic E-state index is 10.1. The molecule has 1 heterocycles. The first-order valence-electron chi connectivity index (χ1n) is 5.03. The zero-order valence-electron chi connectivity index (χ0n) is 9.67. The summed E-state index contributed by atoms with van der Waals surface area (Å²) >= 11 is 0. The van der Waals surface area contributed by atoms with E-state index in [0.717, 1.165) is 19.4 Å². The molecule has 1 fully saturated rings. The zero-order chi connectivity index (χ0) is 13.8. The van der Waals surface area contributed by atoms with Crippen LogP contribution in [0.15, 0.2) is 0 Å². The van der Waals surface area contributed by atoms with Gasteiger partial charge in [-0.25, -0.2) is 0 Å². The number of hydrogen-bond acceptors (Lipinski definition) is 6. The molecule has 0 saturated carbocycles. The van der Waals surface area contributed by atoms with E-state index in [4.69, 9.17) is 26.0 Å². The third-order valence-corrected chi connectivity index (χ3v) is 1.75. The monoisotopic (exact) mass is 250 g/mol. The Morgan fingerprint density at radius 1 is 1.41 bits per heavy atom. The van der Waals surface area contributed by atoms with E-state index >= 15 is 0 Å². The Balaban J connectivity index is 0. The van der Waals surface area contributed by atoms with Crippen molar-refractivity contribution in [2.75, 3.05) is 6.54 Å². The molecule has 17 heavy (non-hydrogen) atoms. The Hall–Kier alpha value is -1.16. The number of aliphatic carboxylic acids is 2. The number of carboxylic acid groups (broad SMARTS) is 2. The normalized spacial score (nSPS) is 18.9. The van der Waals surface area contributed by atoms with Gasteiger partial charge >= 0.3 is 19.6 Å². The van der Waals surface area contributed by atoms with Crippen molar-refractivity contribution in [2.24, 2.45) is 5.73 Å². The molecule has 2 atom stereocenters. The fraction of sp³-hybridized carbons (Fsp3) is 0.750. The van der Waals surface area contributed by atoms with Gasteiger partial charge in [-0.2, -0.15) is 0 Å². The molecule has 0 unspecified atom stereocenters. The minimum absolute atomic E-state index is 0.269. The molecule has 0 amide bonds. The van der Waals surface area contributed by atoms with E-state index in [1.54, 1.807) is 0 Å². The molecule has 7 N–H and O–H groups in total. The second-order valence-corrected chi connectivity index (χ2v) is 3.26. The number of hydrogen-bond donors (Lipinski definition) is 6. The van der Waals surface area contributed by atoms with Gasteiger partial charge < -0.3 is 31.3 Å².